The van der Waals surface area contributed by atoms with Crippen LogP contribution in [0.25, 0.3) is 11.3 Å². The second kappa shape index (κ2) is 7.80. The highest BCUT2D eigenvalue weighted by Gasteiger charge is 2.25. The van der Waals surface area contributed by atoms with Gasteiger partial charge in [0.05, 0.1) is 12.3 Å². The van der Waals surface area contributed by atoms with E-state index < -0.39 is 0 Å². The number of nitrogens with zero attached hydrogens (tertiary/aromatic N) is 2. The van der Waals surface area contributed by atoms with Crippen LogP contribution in [0.1, 0.15) is 49.4 Å². The van der Waals surface area contributed by atoms with Crippen molar-refractivity contribution in [2.75, 3.05) is 30.3 Å². The molecule has 0 amide bonds. The number of aliphatic hydroxyl groups excluding tert-OH is 1. The number of hydrogen-bond acceptors (Lipinski definition) is 5. The van der Waals surface area contributed by atoms with Gasteiger partial charge in [0, 0.05) is 40.8 Å². The molecule has 0 radical (unpaired) electrons. The van der Waals surface area contributed by atoms with Crippen LogP contribution in [0.2, 0.25) is 5.02 Å². The third-order valence-electron chi connectivity index (χ3n) is 5.33. The first-order chi connectivity index (χ1) is 12.8. The van der Waals surface area contributed by atoms with Gasteiger partial charge in [-0.3, -0.25) is 0 Å². The van der Waals surface area contributed by atoms with Crippen molar-refractivity contribution in [2.45, 2.75) is 44.4 Å². The van der Waals surface area contributed by atoms with Crippen molar-refractivity contribution in [1.82, 2.24) is 9.97 Å². The van der Waals surface area contributed by atoms with E-state index in [0.29, 0.717) is 12.5 Å². The fourth-order valence-corrected chi connectivity index (χ4v) is 4.19. The zero-order chi connectivity index (χ0) is 17.9. The van der Waals surface area contributed by atoms with Crippen LogP contribution >= 0.6 is 11.6 Å². The molecular formula is C20H25ClN4O. The van der Waals surface area contributed by atoms with Crippen molar-refractivity contribution in [3.05, 3.63) is 34.6 Å². The number of halogens is 1. The van der Waals surface area contributed by atoms with Crippen LogP contribution in [0.5, 0.6) is 0 Å². The highest BCUT2D eigenvalue weighted by molar-refractivity contribution is 6.31. The summed E-state index contributed by atoms with van der Waals surface area (Å²) >= 11 is 6.20. The molecule has 1 aromatic carbocycles. The maximum absolute atomic E-state index is 9.26. The van der Waals surface area contributed by atoms with E-state index in [0.717, 1.165) is 65.0 Å². The van der Waals surface area contributed by atoms with Gasteiger partial charge in [0.15, 0.2) is 0 Å². The predicted octanol–water partition coefficient (Wildman–Crippen LogP) is 4.22. The number of benzene rings is 1. The molecule has 1 aliphatic carbocycles. The van der Waals surface area contributed by atoms with E-state index in [2.05, 4.69) is 10.6 Å². The molecule has 1 fully saturated rings. The second-order valence-electron chi connectivity index (χ2n) is 7.11. The lowest BCUT2D eigenvalue weighted by atomic mass is 9.88. The summed E-state index contributed by atoms with van der Waals surface area (Å²) in [6, 6.07) is 5.93. The summed E-state index contributed by atoms with van der Waals surface area (Å²) in [7, 11) is 0. The third kappa shape index (κ3) is 3.51. The third-order valence-corrected chi connectivity index (χ3v) is 5.56. The zero-order valence-electron chi connectivity index (χ0n) is 14.9. The van der Waals surface area contributed by atoms with Crippen molar-refractivity contribution in [1.29, 1.82) is 0 Å². The summed E-state index contributed by atoms with van der Waals surface area (Å²) in [4.78, 5) is 9.93. The van der Waals surface area contributed by atoms with Gasteiger partial charge < -0.3 is 15.7 Å². The van der Waals surface area contributed by atoms with Crippen LogP contribution in [0.15, 0.2) is 18.2 Å². The van der Waals surface area contributed by atoms with Crippen molar-refractivity contribution in [2.24, 2.45) is 0 Å². The Bertz CT molecular complexity index is 790. The van der Waals surface area contributed by atoms with Crippen LogP contribution in [0.4, 0.5) is 11.5 Å². The fourth-order valence-electron chi connectivity index (χ4n) is 4.02. The van der Waals surface area contributed by atoms with Crippen molar-refractivity contribution in [3.8, 4) is 11.3 Å². The van der Waals surface area contributed by atoms with E-state index in [4.69, 9.17) is 21.6 Å². The maximum Gasteiger partial charge on any atom is 0.134 e. The Labute approximate surface area is 159 Å². The molecule has 4 rings (SSSR count). The fraction of sp³-hybridized carbons (Fsp3) is 0.500. The standard InChI is InChI=1S/C20H25ClN4O/c21-14-6-7-15-17(12-14)22-9-8-16-18(15)24-19(13-4-2-1-3-5-13)25-20(16)23-10-11-26/h6-7,12-13,22,26H,1-5,8-11H2,(H,23,24,25). The number of rotatable bonds is 4. The molecule has 1 aliphatic heterocycles. The van der Waals surface area contributed by atoms with Gasteiger partial charge in [-0.25, -0.2) is 9.97 Å². The van der Waals surface area contributed by atoms with E-state index >= 15 is 0 Å². The molecule has 0 atom stereocenters. The summed E-state index contributed by atoms with van der Waals surface area (Å²) in [6.07, 6.45) is 6.95. The largest absolute Gasteiger partial charge is 0.395 e. The zero-order valence-corrected chi connectivity index (χ0v) is 15.6. The van der Waals surface area contributed by atoms with Crippen molar-refractivity contribution in [3.63, 3.8) is 0 Å². The summed E-state index contributed by atoms with van der Waals surface area (Å²) in [5.41, 5.74) is 4.22. The van der Waals surface area contributed by atoms with Gasteiger partial charge in [-0.15, -0.1) is 0 Å². The van der Waals surface area contributed by atoms with Gasteiger partial charge in [-0.2, -0.15) is 0 Å². The topological polar surface area (TPSA) is 70.1 Å². The molecule has 6 heteroatoms. The number of aliphatic hydroxyl groups is 1. The molecule has 0 unspecified atom stereocenters. The van der Waals surface area contributed by atoms with E-state index in [1.165, 1.54) is 19.3 Å². The SMILES string of the molecule is OCCNc1nc(C2CCCCC2)nc2c1CCNc1cc(Cl)ccc1-2. The second-order valence-corrected chi connectivity index (χ2v) is 7.55. The minimum atomic E-state index is 0.0853. The molecule has 26 heavy (non-hydrogen) atoms. The minimum absolute atomic E-state index is 0.0853. The normalized spacial score (nSPS) is 17.0. The van der Waals surface area contributed by atoms with Gasteiger partial charge in [0.1, 0.15) is 11.6 Å². The Morgan fingerprint density at radius 1 is 1.19 bits per heavy atom. The van der Waals surface area contributed by atoms with E-state index in [1.54, 1.807) is 0 Å². The predicted molar refractivity (Wildman–Crippen MR) is 106 cm³/mol. The lowest BCUT2D eigenvalue weighted by Gasteiger charge is -2.23. The number of aromatic nitrogens is 2. The lowest BCUT2D eigenvalue weighted by Crippen LogP contribution is -2.16. The number of fused-ring (bicyclic) bond motifs is 3. The average Bonchev–Trinajstić information content (AvgIpc) is 2.85. The Morgan fingerprint density at radius 2 is 2.04 bits per heavy atom. The smallest absolute Gasteiger partial charge is 0.134 e. The van der Waals surface area contributed by atoms with Gasteiger partial charge >= 0.3 is 0 Å². The summed E-state index contributed by atoms with van der Waals surface area (Å²) in [5, 5.41) is 16.8. The Kier molecular flexibility index (Phi) is 5.27. The molecule has 138 valence electrons. The van der Waals surface area contributed by atoms with Crippen LogP contribution in [-0.4, -0.2) is 34.8 Å². The Balaban J connectivity index is 1.84. The van der Waals surface area contributed by atoms with Crippen LogP contribution in [0.3, 0.4) is 0 Å². The quantitative estimate of drug-likeness (QED) is 0.749. The molecule has 0 saturated heterocycles. The Hall–Kier alpha value is -1.85. The Morgan fingerprint density at radius 3 is 2.85 bits per heavy atom. The van der Waals surface area contributed by atoms with E-state index in [9.17, 15) is 5.11 Å². The van der Waals surface area contributed by atoms with E-state index in [1.807, 2.05) is 18.2 Å². The van der Waals surface area contributed by atoms with Gasteiger partial charge in [0.25, 0.3) is 0 Å². The molecule has 1 saturated carbocycles. The van der Waals surface area contributed by atoms with Crippen LogP contribution in [-0.2, 0) is 6.42 Å². The highest BCUT2D eigenvalue weighted by Crippen LogP contribution is 2.39. The molecule has 5 nitrogen and oxygen atoms in total. The molecule has 0 spiro atoms. The summed E-state index contributed by atoms with van der Waals surface area (Å²) in [6.45, 7) is 1.39. The molecule has 0 bridgehead atoms. The average molecular weight is 373 g/mol. The molecule has 1 aromatic heterocycles. The maximum atomic E-state index is 9.26. The number of nitrogens with one attached hydrogen (secondary N) is 2. The number of hydrogen-bond donors (Lipinski definition) is 3. The molecule has 2 heterocycles. The van der Waals surface area contributed by atoms with Gasteiger partial charge in [-0.05, 0) is 37.5 Å². The van der Waals surface area contributed by atoms with Crippen LogP contribution in [0, 0.1) is 0 Å². The lowest BCUT2D eigenvalue weighted by molar-refractivity contribution is 0.311. The first kappa shape index (κ1) is 17.6. The summed E-state index contributed by atoms with van der Waals surface area (Å²) in [5.74, 6) is 2.23. The highest BCUT2D eigenvalue weighted by atomic mass is 35.5. The molecular weight excluding hydrogens is 348 g/mol. The molecule has 2 aromatic rings. The van der Waals surface area contributed by atoms with Crippen molar-refractivity contribution < 1.29 is 5.11 Å². The van der Waals surface area contributed by atoms with Crippen LogP contribution < -0.4 is 10.6 Å². The first-order valence-electron chi connectivity index (χ1n) is 9.55. The van der Waals surface area contributed by atoms with Gasteiger partial charge in [-0.1, -0.05) is 30.9 Å². The van der Waals surface area contributed by atoms with Gasteiger partial charge in [0.2, 0.25) is 0 Å². The number of anilines is 2. The first-order valence-corrected chi connectivity index (χ1v) is 9.93. The van der Waals surface area contributed by atoms with Crippen molar-refractivity contribution >= 4 is 23.1 Å². The van der Waals surface area contributed by atoms with E-state index in [-0.39, 0.29) is 6.61 Å². The minimum Gasteiger partial charge on any atom is -0.395 e. The summed E-state index contributed by atoms with van der Waals surface area (Å²) < 4.78 is 0. The molecule has 2 aliphatic rings. The monoisotopic (exact) mass is 372 g/mol. The molecule has 3 N–H and O–H groups in total.